The maximum Gasteiger partial charge on any atom is 0.185 e. The molecule has 0 aliphatic rings. The molecule has 1 aromatic heterocycles. The highest BCUT2D eigenvalue weighted by Gasteiger charge is 2.00. The fourth-order valence-corrected chi connectivity index (χ4v) is 1.82. The third-order valence-electron chi connectivity index (χ3n) is 1.86. The van der Waals surface area contributed by atoms with E-state index in [-0.39, 0.29) is 5.12 Å². The summed E-state index contributed by atoms with van der Waals surface area (Å²) in [5.74, 6) is 6.70. The Balaban J connectivity index is 2.60. The molecule has 4 heteroatoms. The van der Waals surface area contributed by atoms with Crippen molar-refractivity contribution in [3.8, 4) is 11.8 Å². The molecule has 0 aromatic carbocycles. The number of halogens is 1. The Kier molecular flexibility index (Phi) is 5.37. The van der Waals surface area contributed by atoms with Gasteiger partial charge < -0.3 is 0 Å². The van der Waals surface area contributed by atoms with Crippen molar-refractivity contribution in [2.45, 2.75) is 20.3 Å². The number of hydrogen-bond acceptors (Lipinski definition) is 3. The second kappa shape index (κ2) is 6.57. The Hall–Kier alpha value is -0.980. The molecule has 0 amide bonds. The van der Waals surface area contributed by atoms with Gasteiger partial charge in [0.05, 0.1) is 5.56 Å². The molecule has 16 heavy (non-hydrogen) atoms. The highest BCUT2D eigenvalue weighted by atomic mass is 35.5. The highest BCUT2D eigenvalue weighted by Crippen LogP contribution is 2.14. The maximum atomic E-state index is 10.7. The first kappa shape index (κ1) is 13.1. The number of hydrogen-bond donors (Lipinski definition) is 0. The summed E-state index contributed by atoms with van der Waals surface area (Å²) in [6, 6.07) is 1.88. The quantitative estimate of drug-likeness (QED) is 0.461. The first-order valence-electron chi connectivity index (χ1n) is 4.84. The minimum Gasteiger partial charge on any atom is -0.288 e. The van der Waals surface area contributed by atoms with Crippen molar-refractivity contribution in [2.24, 2.45) is 0 Å². The Bertz CT molecular complexity index is 428. The normalized spacial score (nSPS) is 9.44. The van der Waals surface area contributed by atoms with Gasteiger partial charge in [-0.05, 0) is 18.6 Å². The van der Waals surface area contributed by atoms with Crippen LogP contribution in [0, 0.1) is 18.8 Å². The molecule has 84 valence electrons. The number of aromatic nitrogens is 1. The van der Waals surface area contributed by atoms with E-state index in [1.54, 1.807) is 13.1 Å². The number of rotatable bonds is 2. The number of pyridine rings is 1. The molecular formula is C12H12ClNOS. The predicted molar refractivity (Wildman–Crippen MR) is 68.6 cm³/mol. The molecule has 1 aromatic rings. The molecule has 0 aliphatic heterocycles. The van der Waals surface area contributed by atoms with Gasteiger partial charge >= 0.3 is 0 Å². The minimum absolute atomic E-state index is 0.123. The molecule has 0 bridgehead atoms. The molecule has 0 saturated carbocycles. The molecule has 0 aliphatic carbocycles. The van der Waals surface area contributed by atoms with Crippen LogP contribution in [0.4, 0.5) is 0 Å². The van der Waals surface area contributed by atoms with Crippen LogP contribution in [0.1, 0.15) is 24.5 Å². The van der Waals surface area contributed by atoms with Gasteiger partial charge in [0, 0.05) is 25.3 Å². The number of aryl methyl sites for hydroxylation is 1. The molecule has 0 saturated heterocycles. The van der Waals surface area contributed by atoms with E-state index >= 15 is 0 Å². The summed E-state index contributed by atoms with van der Waals surface area (Å²) in [5.41, 5.74) is 1.80. The summed E-state index contributed by atoms with van der Waals surface area (Å²) >= 11 is 7.20. The molecule has 0 radical (unpaired) electrons. The van der Waals surface area contributed by atoms with E-state index in [2.05, 4.69) is 16.8 Å². The van der Waals surface area contributed by atoms with E-state index < -0.39 is 0 Å². The summed E-state index contributed by atoms with van der Waals surface area (Å²) in [6.45, 7) is 3.50. The second-order valence-corrected chi connectivity index (χ2v) is 4.82. The third kappa shape index (κ3) is 4.26. The molecule has 1 rings (SSSR count). The first-order chi connectivity index (χ1) is 7.61. The van der Waals surface area contributed by atoms with Crippen LogP contribution >= 0.6 is 23.4 Å². The van der Waals surface area contributed by atoms with Gasteiger partial charge in [0.15, 0.2) is 5.12 Å². The van der Waals surface area contributed by atoms with Crippen LogP contribution in [0.2, 0.25) is 5.15 Å². The Morgan fingerprint density at radius 3 is 3.00 bits per heavy atom. The van der Waals surface area contributed by atoms with Gasteiger partial charge in [0.25, 0.3) is 0 Å². The molecule has 0 unspecified atom stereocenters. The third-order valence-corrected chi connectivity index (χ3v) is 2.96. The number of thioether (sulfide) groups is 1. The van der Waals surface area contributed by atoms with Crippen molar-refractivity contribution in [2.75, 3.05) is 5.75 Å². The lowest BCUT2D eigenvalue weighted by Gasteiger charge is -1.98. The molecular weight excluding hydrogens is 242 g/mol. The van der Waals surface area contributed by atoms with Crippen LogP contribution in [0.25, 0.3) is 0 Å². The average molecular weight is 254 g/mol. The van der Waals surface area contributed by atoms with Crippen molar-refractivity contribution in [1.29, 1.82) is 0 Å². The minimum atomic E-state index is 0.123. The zero-order valence-electron chi connectivity index (χ0n) is 9.21. The standard InChI is InChI=1S/C12H12ClNOS/c1-9-6-7-14-12(13)11(9)5-3-4-8-16-10(2)15/h6-7H,4,8H2,1-2H3. The Labute approximate surface area is 105 Å². The first-order valence-corrected chi connectivity index (χ1v) is 6.21. The van der Waals surface area contributed by atoms with Crippen LogP contribution in [0.15, 0.2) is 12.3 Å². The Morgan fingerprint density at radius 2 is 2.38 bits per heavy atom. The van der Waals surface area contributed by atoms with E-state index in [0.717, 1.165) is 16.9 Å². The van der Waals surface area contributed by atoms with Crippen LogP contribution < -0.4 is 0 Å². The van der Waals surface area contributed by atoms with E-state index in [9.17, 15) is 4.79 Å². The zero-order chi connectivity index (χ0) is 12.0. The smallest absolute Gasteiger partial charge is 0.185 e. The van der Waals surface area contributed by atoms with Crippen molar-refractivity contribution < 1.29 is 4.79 Å². The molecule has 0 fully saturated rings. The number of nitrogens with zero attached hydrogens (tertiary/aromatic N) is 1. The monoisotopic (exact) mass is 253 g/mol. The molecule has 0 spiro atoms. The summed E-state index contributed by atoms with van der Waals surface area (Å²) in [6.07, 6.45) is 2.34. The summed E-state index contributed by atoms with van der Waals surface area (Å²) in [5, 5.41) is 0.559. The summed E-state index contributed by atoms with van der Waals surface area (Å²) in [7, 11) is 0. The summed E-state index contributed by atoms with van der Waals surface area (Å²) in [4.78, 5) is 14.6. The average Bonchev–Trinajstić information content (AvgIpc) is 2.21. The van der Waals surface area contributed by atoms with Crippen molar-refractivity contribution in [1.82, 2.24) is 4.98 Å². The zero-order valence-corrected chi connectivity index (χ0v) is 10.8. The van der Waals surface area contributed by atoms with Gasteiger partial charge in [0.2, 0.25) is 0 Å². The SMILES string of the molecule is CC(=O)SCCC#Cc1c(C)ccnc1Cl. The predicted octanol–water partition coefficient (Wildman–Crippen LogP) is 3.06. The van der Waals surface area contributed by atoms with Crippen molar-refractivity contribution >= 4 is 28.5 Å². The van der Waals surface area contributed by atoms with Gasteiger partial charge in [0.1, 0.15) is 5.15 Å². The molecule has 2 nitrogen and oxygen atoms in total. The van der Waals surface area contributed by atoms with E-state index in [4.69, 9.17) is 11.6 Å². The van der Waals surface area contributed by atoms with Crippen LogP contribution in [0.5, 0.6) is 0 Å². The van der Waals surface area contributed by atoms with Crippen molar-refractivity contribution in [3.63, 3.8) is 0 Å². The van der Waals surface area contributed by atoms with Crippen molar-refractivity contribution in [3.05, 3.63) is 28.5 Å². The van der Waals surface area contributed by atoms with E-state index in [1.165, 1.54) is 11.8 Å². The summed E-state index contributed by atoms with van der Waals surface area (Å²) < 4.78 is 0. The van der Waals surface area contributed by atoms with Gasteiger partial charge in [-0.3, -0.25) is 4.79 Å². The maximum absolute atomic E-state index is 10.7. The fraction of sp³-hybridized carbons (Fsp3) is 0.333. The lowest BCUT2D eigenvalue weighted by Crippen LogP contribution is -1.87. The number of carbonyl (C=O) groups excluding carboxylic acids is 1. The van der Waals surface area contributed by atoms with E-state index in [0.29, 0.717) is 11.6 Å². The highest BCUT2D eigenvalue weighted by molar-refractivity contribution is 8.13. The fourth-order valence-electron chi connectivity index (χ4n) is 1.07. The topological polar surface area (TPSA) is 30.0 Å². The molecule has 1 heterocycles. The van der Waals surface area contributed by atoms with Gasteiger partial charge in [-0.15, -0.1) is 0 Å². The van der Waals surface area contributed by atoms with Crippen LogP contribution in [0.3, 0.4) is 0 Å². The van der Waals surface area contributed by atoms with Gasteiger partial charge in [-0.25, -0.2) is 4.98 Å². The number of carbonyl (C=O) groups is 1. The van der Waals surface area contributed by atoms with Crippen LogP contribution in [-0.4, -0.2) is 15.9 Å². The lowest BCUT2D eigenvalue weighted by molar-refractivity contribution is -0.109. The molecule has 0 atom stereocenters. The van der Waals surface area contributed by atoms with Crippen LogP contribution in [-0.2, 0) is 4.79 Å². The van der Waals surface area contributed by atoms with Gasteiger partial charge in [-0.2, -0.15) is 0 Å². The largest absolute Gasteiger partial charge is 0.288 e. The second-order valence-electron chi connectivity index (χ2n) is 3.19. The Morgan fingerprint density at radius 1 is 1.62 bits per heavy atom. The van der Waals surface area contributed by atoms with E-state index in [1.807, 2.05) is 13.0 Å². The molecule has 0 N–H and O–H groups in total. The van der Waals surface area contributed by atoms with Gasteiger partial charge in [-0.1, -0.05) is 35.2 Å². The lowest BCUT2D eigenvalue weighted by atomic mass is 10.2.